The van der Waals surface area contributed by atoms with E-state index in [0.717, 1.165) is 5.06 Å². The first-order valence-electron chi connectivity index (χ1n) is 4.62. The molecular weight excluding hydrogens is 196 g/mol. The molecule has 0 spiro atoms. The highest BCUT2D eigenvalue weighted by atomic mass is 16.5. The van der Waals surface area contributed by atoms with Gasteiger partial charge in [0.15, 0.2) is 5.84 Å². The summed E-state index contributed by atoms with van der Waals surface area (Å²) in [7, 11) is 0. The van der Waals surface area contributed by atoms with Crippen LogP contribution in [0.2, 0.25) is 0 Å². The first-order chi connectivity index (χ1) is 6.86. The Hall–Kier alpha value is -1.50. The smallest absolute Gasteiger partial charge is 0.166 e. The predicted molar refractivity (Wildman–Crippen MR) is 50.4 cm³/mol. The van der Waals surface area contributed by atoms with Crippen LogP contribution in [-0.2, 0) is 5.21 Å². The van der Waals surface area contributed by atoms with Crippen LogP contribution in [0, 0.1) is 0 Å². The van der Waals surface area contributed by atoms with Gasteiger partial charge >= 0.3 is 0 Å². The van der Waals surface area contributed by atoms with E-state index in [4.69, 9.17) is 0 Å². The SMILES string of the molecule is CC1(C)N=C(c2nnn[n-]2)N([O])C1(C)C. The molecule has 1 aliphatic heterocycles. The summed E-state index contributed by atoms with van der Waals surface area (Å²) in [5.41, 5.74) is -1.10. The van der Waals surface area contributed by atoms with Crippen molar-refractivity contribution in [1.29, 1.82) is 0 Å². The van der Waals surface area contributed by atoms with Gasteiger partial charge in [-0.3, -0.25) is 15.3 Å². The fourth-order valence-electron chi connectivity index (χ4n) is 1.34. The average molecular weight is 208 g/mol. The van der Waals surface area contributed by atoms with Gasteiger partial charge < -0.3 is 5.10 Å². The van der Waals surface area contributed by atoms with Crippen LogP contribution in [0.25, 0.3) is 0 Å². The van der Waals surface area contributed by atoms with Crippen LogP contribution in [0.3, 0.4) is 0 Å². The van der Waals surface area contributed by atoms with E-state index in [1.165, 1.54) is 0 Å². The van der Waals surface area contributed by atoms with Crippen molar-refractivity contribution in [2.45, 2.75) is 38.8 Å². The molecule has 0 N–H and O–H groups in total. The Balaban J connectivity index is 2.46. The fourth-order valence-corrected chi connectivity index (χ4v) is 1.34. The number of nitrogens with zero attached hydrogens (tertiary/aromatic N) is 6. The molecule has 2 rings (SSSR count). The summed E-state index contributed by atoms with van der Waals surface area (Å²) in [5.74, 6) is 0.388. The lowest BCUT2D eigenvalue weighted by Crippen LogP contribution is -2.50. The Morgan fingerprint density at radius 2 is 1.93 bits per heavy atom. The van der Waals surface area contributed by atoms with E-state index >= 15 is 0 Å². The maximum Gasteiger partial charge on any atom is 0.166 e. The highest BCUT2D eigenvalue weighted by Crippen LogP contribution is 2.37. The third-order valence-corrected chi connectivity index (χ3v) is 3.10. The van der Waals surface area contributed by atoms with Crippen molar-refractivity contribution in [2.24, 2.45) is 4.99 Å². The zero-order chi connectivity index (χ0) is 11.3. The highest BCUT2D eigenvalue weighted by Gasteiger charge is 2.50. The first kappa shape index (κ1) is 10.0. The Kier molecular flexibility index (Phi) is 1.84. The molecule has 1 radical (unpaired) electrons. The van der Waals surface area contributed by atoms with Gasteiger partial charge in [-0.25, -0.2) is 0 Å². The molecule has 15 heavy (non-hydrogen) atoms. The number of hydrogen-bond donors (Lipinski definition) is 0. The highest BCUT2D eigenvalue weighted by molar-refractivity contribution is 5.96. The summed E-state index contributed by atoms with van der Waals surface area (Å²) < 4.78 is 0. The molecule has 0 fully saturated rings. The van der Waals surface area contributed by atoms with Gasteiger partial charge in [-0.15, -0.1) is 0 Å². The normalized spacial score (nSPS) is 23.0. The fraction of sp³-hybridized carbons (Fsp3) is 0.750. The van der Waals surface area contributed by atoms with Gasteiger partial charge in [-0.1, -0.05) is 5.21 Å². The van der Waals surface area contributed by atoms with Crippen molar-refractivity contribution >= 4 is 5.84 Å². The van der Waals surface area contributed by atoms with Crippen LogP contribution < -0.4 is 5.10 Å². The van der Waals surface area contributed by atoms with Crippen LogP contribution >= 0.6 is 0 Å². The van der Waals surface area contributed by atoms with Gasteiger partial charge in [0.05, 0.1) is 16.9 Å². The number of hydroxylamine groups is 2. The molecule has 1 aromatic heterocycles. The minimum absolute atomic E-state index is 0.184. The molecule has 7 nitrogen and oxygen atoms in total. The third-order valence-electron chi connectivity index (χ3n) is 3.10. The Morgan fingerprint density at radius 1 is 1.27 bits per heavy atom. The van der Waals surface area contributed by atoms with Crippen molar-refractivity contribution in [3.05, 3.63) is 5.82 Å². The summed E-state index contributed by atoms with van der Waals surface area (Å²) >= 11 is 0. The Labute approximate surface area is 87.2 Å². The molecule has 0 atom stereocenters. The van der Waals surface area contributed by atoms with Crippen molar-refractivity contribution in [3.8, 4) is 0 Å². The van der Waals surface area contributed by atoms with Crippen molar-refractivity contribution in [1.82, 2.24) is 25.7 Å². The van der Waals surface area contributed by atoms with Gasteiger partial charge in [-0.2, -0.15) is 10.3 Å². The summed E-state index contributed by atoms with van der Waals surface area (Å²) in [6.07, 6.45) is 0. The second kappa shape index (κ2) is 2.75. The molecule has 0 aromatic carbocycles. The number of tetrazole rings is 1. The third kappa shape index (κ3) is 1.23. The summed E-state index contributed by atoms with van der Waals surface area (Å²) in [6, 6.07) is 0. The van der Waals surface area contributed by atoms with E-state index in [-0.39, 0.29) is 11.7 Å². The number of rotatable bonds is 1. The number of amidine groups is 1. The van der Waals surface area contributed by atoms with Crippen molar-refractivity contribution < 1.29 is 5.21 Å². The molecular formula is C8H12N6O-. The molecule has 0 amide bonds. The summed E-state index contributed by atoms with van der Waals surface area (Å²) in [4.78, 5) is 4.32. The Morgan fingerprint density at radius 3 is 2.33 bits per heavy atom. The van der Waals surface area contributed by atoms with E-state index < -0.39 is 11.1 Å². The number of hydrogen-bond acceptors (Lipinski definition) is 5. The number of aromatic nitrogens is 4. The lowest BCUT2D eigenvalue weighted by Gasteiger charge is -2.35. The molecule has 81 valence electrons. The monoisotopic (exact) mass is 208 g/mol. The van der Waals surface area contributed by atoms with Gasteiger partial charge in [-0.05, 0) is 27.7 Å². The second-order valence-electron chi connectivity index (χ2n) is 4.55. The molecule has 2 heterocycles. The zero-order valence-electron chi connectivity index (χ0n) is 9.09. The quantitative estimate of drug-likeness (QED) is 0.637. The Bertz CT molecular complexity index is 393. The van der Waals surface area contributed by atoms with Crippen LogP contribution in [0.5, 0.6) is 0 Å². The van der Waals surface area contributed by atoms with E-state index in [1.807, 2.05) is 27.7 Å². The van der Waals surface area contributed by atoms with E-state index in [2.05, 4.69) is 25.6 Å². The van der Waals surface area contributed by atoms with E-state index in [9.17, 15) is 5.21 Å². The molecule has 1 aromatic rings. The molecule has 0 aliphatic carbocycles. The second-order valence-corrected chi connectivity index (χ2v) is 4.55. The lowest BCUT2D eigenvalue weighted by molar-refractivity contribution is -0.158. The average Bonchev–Trinajstić information content (AvgIpc) is 2.69. The largest absolute Gasteiger partial charge is 0.328 e. The van der Waals surface area contributed by atoms with Gasteiger partial charge in [0, 0.05) is 0 Å². The zero-order valence-corrected chi connectivity index (χ0v) is 9.09. The standard InChI is InChI=1S/C8H12N6O/c1-7(2)8(3,4)14(15)6(9-7)5-10-12-13-11-5/h1-4H3/q-1. The van der Waals surface area contributed by atoms with Gasteiger partial charge in [0.2, 0.25) is 0 Å². The van der Waals surface area contributed by atoms with Crippen molar-refractivity contribution in [2.75, 3.05) is 0 Å². The lowest BCUT2D eigenvalue weighted by atomic mass is 9.84. The number of aliphatic imine (C=N–C) groups is 1. The molecule has 0 unspecified atom stereocenters. The molecule has 0 bridgehead atoms. The van der Waals surface area contributed by atoms with Gasteiger partial charge in [0.25, 0.3) is 0 Å². The predicted octanol–water partition coefficient (Wildman–Crippen LogP) is -0.206. The van der Waals surface area contributed by atoms with E-state index in [0.29, 0.717) is 0 Å². The van der Waals surface area contributed by atoms with Crippen molar-refractivity contribution in [3.63, 3.8) is 0 Å². The van der Waals surface area contributed by atoms with Crippen LogP contribution in [0.15, 0.2) is 4.99 Å². The summed E-state index contributed by atoms with van der Waals surface area (Å²) in [5, 5.41) is 26.8. The maximum atomic E-state index is 12.0. The topological polar surface area (TPSA) is 88.3 Å². The molecule has 1 aliphatic rings. The first-order valence-corrected chi connectivity index (χ1v) is 4.62. The minimum atomic E-state index is -0.622. The van der Waals surface area contributed by atoms with E-state index in [1.54, 1.807) is 0 Å². The maximum absolute atomic E-state index is 12.0. The van der Waals surface area contributed by atoms with Crippen LogP contribution in [0.4, 0.5) is 0 Å². The molecule has 7 heteroatoms. The molecule has 0 saturated heterocycles. The molecule has 0 saturated carbocycles. The minimum Gasteiger partial charge on any atom is -0.328 e. The summed E-state index contributed by atoms with van der Waals surface area (Å²) in [6.45, 7) is 7.46. The van der Waals surface area contributed by atoms with Crippen LogP contribution in [-0.4, -0.2) is 37.5 Å². The van der Waals surface area contributed by atoms with Gasteiger partial charge in [0.1, 0.15) is 0 Å². The van der Waals surface area contributed by atoms with Crippen LogP contribution in [0.1, 0.15) is 33.5 Å².